The lowest BCUT2D eigenvalue weighted by Gasteiger charge is -2.17. The first-order valence-electron chi connectivity index (χ1n) is 2.52. The molecule has 0 saturated carbocycles. The molecule has 0 fully saturated rings. The van der Waals surface area contributed by atoms with E-state index in [-0.39, 0.29) is 0 Å². The molecule has 0 bridgehead atoms. The van der Waals surface area contributed by atoms with Gasteiger partial charge in [0.1, 0.15) is 6.07 Å². The SMILES string of the molecule is N#CC1(O)C=CC=CN1. The van der Waals surface area contributed by atoms with Gasteiger partial charge in [-0.3, -0.25) is 0 Å². The molecule has 2 N–H and O–H groups in total. The second kappa shape index (κ2) is 1.92. The number of dihydropyridines is 1. The van der Waals surface area contributed by atoms with Crippen LogP contribution in [0.15, 0.2) is 24.4 Å². The largest absolute Gasteiger partial charge is 0.356 e. The van der Waals surface area contributed by atoms with Crippen molar-refractivity contribution in [3.05, 3.63) is 24.4 Å². The maximum absolute atomic E-state index is 9.07. The van der Waals surface area contributed by atoms with Gasteiger partial charge in [-0.15, -0.1) is 0 Å². The highest BCUT2D eigenvalue weighted by atomic mass is 16.3. The summed E-state index contributed by atoms with van der Waals surface area (Å²) in [6.07, 6.45) is 6.21. The van der Waals surface area contributed by atoms with E-state index in [1.807, 2.05) is 0 Å². The maximum Gasteiger partial charge on any atom is 0.245 e. The maximum atomic E-state index is 9.07. The molecule has 3 nitrogen and oxygen atoms in total. The van der Waals surface area contributed by atoms with Gasteiger partial charge in [-0.1, -0.05) is 6.08 Å². The van der Waals surface area contributed by atoms with Gasteiger partial charge in [-0.05, 0) is 12.2 Å². The molecule has 1 aliphatic heterocycles. The van der Waals surface area contributed by atoms with Gasteiger partial charge in [-0.25, -0.2) is 0 Å². The third kappa shape index (κ3) is 1.09. The van der Waals surface area contributed by atoms with Crippen molar-refractivity contribution in [2.75, 3.05) is 0 Å². The van der Waals surface area contributed by atoms with Crippen molar-refractivity contribution in [3.8, 4) is 6.07 Å². The highest BCUT2D eigenvalue weighted by Gasteiger charge is 2.20. The molecular formula is C6H6N2O. The van der Waals surface area contributed by atoms with Crippen LogP contribution in [0.25, 0.3) is 0 Å². The zero-order valence-electron chi connectivity index (χ0n) is 4.70. The highest BCUT2D eigenvalue weighted by molar-refractivity contribution is 5.22. The molecule has 9 heavy (non-hydrogen) atoms. The molecule has 0 saturated heterocycles. The average molecular weight is 122 g/mol. The minimum absolute atomic E-state index is 1.38. The van der Waals surface area contributed by atoms with Gasteiger partial charge in [0.15, 0.2) is 0 Å². The van der Waals surface area contributed by atoms with E-state index >= 15 is 0 Å². The molecule has 1 heterocycles. The first kappa shape index (κ1) is 5.86. The summed E-state index contributed by atoms with van der Waals surface area (Å²) in [5.74, 6) is 0. The Hall–Kier alpha value is -1.27. The Labute approximate surface area is 52.9 Å². The van der Waals surface area contributed by atoms with Crippen molar-refractivity contribution < 1.29 is 5.11 Å². The van der Waals surface area contributed by atoms with Gasteiger partial charge in [0, 0.05) is 6.20 Å². The van der Waals surface area contributed by atoms with Crippen LogP contribution in [0.4, 0.5) is 0 Å². The molecule has 0 aliphatic carbocycles. The molecule has 1 atom stereocenters. The van der Waals surface area contributed by atoms with E-state index in [2.05, 4.69) is 5.32 Å². The predicted octanol–water partition coefficient (Wildman–Crippen LogP) is -0.128. The number of aliphatic hydroxyl groups is 1. The number of allylic oxidation sites excluding steroid dienone is 2. The minimum Gasteiger partial charge on any atom is -0.356 e. The molecule has 0 amide bonds. The van der Waals surface area contributed by atoms with Crippen LogP contribution in [0.2, 0.25) is 0 Å². The fourth-order valence-electron chi connectivity index (χ4n) is 0.543. The number of nitriles is 1. The average Bonchev–Trinajstić information content (AvgIpc) is 1.90. The van der Waals surface area contributed by atoms with Gasteiger partial charge in [0.05, 0.1) is 0 Å². The lowest BCUT2D eigenvalue weighted by atomic mass is 10.2. The van der Waals surface area contributed by atoms with E-state index in [9.17, 15) is 0 Å². The van der Waals surface area contributed by atoms with Crippen LogP contribution >= 0.6 is 0 Å². The minimum atomic E-state index is -1.49. The normalized spacial score (nSPS) is 31.1. The molecule has 1 rings (SSSR count). The molecule has 0 aromatic carbocycles. The van der Waals surface area contributed by atoms with E-state index in [1.54, 1.807) is 18.2 Å². The predicted molar refractivity (Wildman–Crippen MR) is 32.0 cm³/mol. The topological polar surface area (TPSA) is 56.0 Å². The third-order valence-corrected chi connectivity index (χ3v) is 1.02. The number of nitrogens with zero attached hydrogens (tertiary/aromatic N) is 1. The Morgan fingerprint density at radius 2 is 2.33 bits per heavy atom. The van der Waals surface area contributed by atoms with Gasteiger partial charge < -0.3 is 10.4 Å². The van der Waals surface area contributed by atoms with Gasteiger partial charge in [0.2, 0.25) is 5.72 Å². The van der Waals surface area contributed by atoms with Crippen LogP contribution in [0.1, 0.15) is 0 Å². The Kier molecular flexibility index (Phi) is 1.25. The second-order valence-electron chi connectivity index (χ2n) is 1.74. The molecule has 1 aliphatic rings. The van der Waals surface area contributed by atoms with Crippen molar-refractivity contribution in [1.82, 2.24) is 5.32 Å². The molecule has 0 spiro atoms. The van der Waals surface area contributed by atoms with Crippen LogP contribution in [0.5, 0.6) is 0 Å². The van der Waals surface area contributed by atoms with Crippen molar-refractivity contribution in [3.63, 3.8) is 0 Å². The van der Waals surface area contributed by atoms with E-state index in [0.29, 0.717) is 0 Å². The summed E-state index contributed by atoms with van der Waals surface area (Å²) in [6.45, 7) is 0. The smallest absolute Gasteiger partial charge is 0.245 e. The molecule has 1 unspecified atom stereocenters. The Morgan fingerprint density at radius 3 is 2.67 bits per heavy atom. The number of rotatable bonds is 0. The van der Waals surface area contributed by atoms with E-state index in [1.165, 1.54) is 12.3 Å². The van der Waals surface area contributed by atoms with Gasteiger partial charge in [0.25, 0.3) is 0 Å². The number of hydrogen-bond acceptors (Lipinski definition) is 3. The van der Waals surface area contributed by atoms with E-state index < -0.39 is 5.72 Å². The first-order chi connectivity index (χ1) is 4.27. The molecule has 46 valence electrons. The fourth-order valence-corrected chi connectivity index (χ4v) is 0.543. The molecule has 3 heteroatoms. The standard InChI is InChI=1S/C6H6N2O/c7-5-6(9)3-1-2-4-8-6/h1-4,8-9H. The van der Waals surface area contributed by atoms with Crippen LogP contribution in [-0.4, -0.2) is 10.8 Å². The summed E-state index contributed by atoms with van der Waals surface area (Å²) in [6, 6.07) is 1.69. The second-order valence-corrected chi connectivity index (χ2v) is 1.74. The van der Waals surface area contributed by atoms with Crippen molar-refractivity contribution in [1.29, 1.82) is 5.26 Å². The van der Waals surface area contributed by atoms with Gasteiger partial charge in [-0.2, -0.15) is 5.26 Å². The summed E-state index contributed by atoms with van der Waals surface area (Å²) < 4.78 is 0. The Balaban J connectivity index is 2.77. The van der Waals surface area contributed by atoms with Crippen molar-refractivity contribution in [2.45, 2.75) is 5.72 Å². The summed E-state index contributed by atoms with van der Waals surface area (Å²) >= 11 is 0. The van der Waals surface area contributed by atoms with Crippen LogP contribution in [-0.2, 0) is 0 Å². The lowest BCUT2D eigenvalue weighted by Crippen LogP contribution is -2.39. The zero-order chi connectivity index (χ0) is 6.74. The summed E-state index contributed by atoms with van der Waals surface area (Å²) in [5, 5.41) is 19.8. The van der Waals surface area contributed by atoms with Crippen LogP contribution in [0.3, 0.4) is 0 Å². The van der Waals surface area contributed by atoms with Crippen molar-refractivity contribution in [2.24, 2.45) is 0 Å². The Bertz CT molecular complexity index is 202. The van der Waals surface area contributed by atoms with Crippen LogP contribution < -0.4 is 5.32 Å². The first-order valence-corrected chi connectivity index (χ1v) is 2.52. The third-order valence-electron chi connectivity index (χ3n) is 1.02. The number of hydrogen-bond donors (Lipinski definition) is 2. The van der Waals surface area contributed by atoms with E-state index in [0.717, 1.165) is 0 Å². The number of nitrogens with one attached hydrogen (secondary N) is 1. The lowest BCUT2D eigenvalue weighted by molar-refractivity contribution is 0.127. The molecular weight excluding hydrogens is 116 g/mol. The summed E-state index contributed by atoms with van der Waals surface area (Å²) in [5.41, 5.74) is -1.49. The molecule has 0 aromatic heterocycles. The summed E-state index contributed by atoms with van der Waals surface area (Å²) in [7, 11) is 0. The van der Waals surface area contributed by atoms with Crippen molar-refractivity contribution >= 4 is 0 Å². The quantitative estimate of drug-likeness (QED) is 0.440. The Morgan fingerprint density at radius 1 is 1.56 bits per heavy atom. The molecule has 0 aromatic rings. The zero-order valence-corrected chi connectivity index (χ0v) is 4.70. The fraction of sp³-hybridized carbons (Fsp3) is 0.167. The monoisotopic (exact) mass is 122 g/mol. The van der Waals surface area contributed by atoms with Gasteiger partial charge >= 0.3 is 0 Å². The molecule has 0 radical (unpaired) electrons. The van der Waals surface area contributed by atoms with E-state index in [4.69, 9.17) is 10.4 Å². The highest BCUT2D eigenvalue weighted by Crippen LogP contribution is 2.03. The van der Waals surface area contributed by atoms with Crippen LogP contribution in [0, 0.1) is 11.3 Å². The summed E-state index contributed by atoms with van der Waals surface area (Å²) in [4.78, 5) is 0.